The Kier molecular flexibility index (Phi) is 4.20. The predicted molar refractivity (Wildman–Crippen MR) is 88.6 cm³/mol. The molecule has 6 heteroatoms. The van der Waals surface area contributed by atoms with E-state index in [1.165, 1.54) is 0 Å². The number of amides is 1. The fourth-order valence-electron chi connectivity index (χ4n) is 2.21. The van der Waals surface area contributed by atoms with E-state index in [4.69, 9.17) is 9.47 Å². The molecule has 5 nitrogen and oxygen atoms in total. The minimum Gasteiger partial charge on any atom is -0.497 e. The second-order valence-corrected chi connectivity index (χ2v) is 5.78. The van der Waals surface area contributed by atoms with E-state index in [0.717, 1.165) is 21.5 Å². The molecule has 3 rings (SSSR count). The van der Waals surface area contributed by atoms with Gasteiger partial charge in [0.15, 0.2) is 0 Å². The standard InChI is InChI=1S/C16H15BrN2O3/c1-21-12-4-2-10(3-5-12)9-22-14-7-11(17)6-13-16(14)19-15(20)8-18-13/h2-7,18H,8-9H2,1H3,(H,19,20). The molecule has 0 unspecified atom stereocenters. The van der Waals surface area contributed by atoms with Crippen LogP contribution in [0, 0.1) is 0 Å². The molecule has 2 N–H and O–H groups in total. The summed E-state index contributed by atoms with van der Waals surface area (Å²) in [5.74, 6) is 1.35. The molecule has 0 aromatic heterocycles. The minimum absolute atomic E-state index is 0.0795. The molecule has 2 aromatic rings. The van der Waals surface area contributed by atoms with Gasteiger partial charge in [-0.1, -0.05) is 28.1 Å². The van der Waals surface area contributed by atoms with E-state index in [1.807, 2.05) is 36.4 Å². The zero-order valence-electron chi connectivity index (χ0n) is 12.0. The van der Waals surface area contributed by atoms with Crippen LogP contribution in [0.25, 0.3) is 0 Å². The Morgan fingerprint density at radius 3 is 2.73 bits per heavy atom. The molecule has 22 heavy (non-hydrogen) atoms. The Balaban J connectivity index is 1.79. The molecule has 0 saturated heterocycles. The van der Waals surface area contributed by atoms with Gasteiger partial charge in [0.25, 0.3) is 0 Å². The van der Waals surface area contributed by atoms with E-state index in [9.17, 15) is 4.79 Å². The van der Waals surface area contributed by atoms with Crippen LogP contribution < -0.4 is 20.1 Å². The number of rotatable bonds is 4. The molecule has 1 aliphatic rings. The van der Waals surface area contributed by atoms with Crippen LogP contribution in [0.3, 0.4) is 0 Å². The summed E-state index contributed by atoms with van der Waals surface area (Å²) in [6.07, 6.45) is 0. The number of hydrogen-bond donors (Lipinski definition) is 2. The highest BCUT2D eigenvalue weighted by Gasteiger charge is 2.19. The Hall–Kier alpha value is -2.21. The Bertz CT molecular complexity index is 701. The van der Waals surface area contributed by atoms with Crippen LogP contribution in [-0.4, -0.2) is 19.6 Å². The lowest BCUT2D eigenvalue weighted by molar-refractivity contribution is -0.114. The second kappa shape index (κ2) is 6.27. The molecule has 0 atom stereocenters. The maximum absolute atomic E-state index is 11.6. The number of carbonyl (C=O) groups is 1. The molecule has 1 heterocycles. The fourth-order valence-corrected chi connectivity index (χ4v) is 2.64. The topological polar surface area (TPSA) is 59.6 Å². The average Bonchev–Trinajstić information content (AvgIpc) is 2.53. The quantitative estimate of drug-likeness (QED) is 0.874. The van der Waals surface area contributed by atoms with Crippen molar-refractivity contribution >= 4 is 33.2 Å². The average molecular weight is 363 g/mol. The Labute approximate surface area is 136 Å². The number of anilines is 2. The van der Waals surface area contributed by atoms with Gasteiger partial charge in [0, 0.05) is 4.47 Å². The number of carbonyl (C=O) groups excluding carboxylic acids is 1. The number of fused-ring (bicyclic) bond motifs is 1. The second-order valence-electron chi connectivity index (χ2n) is 4.86. The number of hydrogen-bond acceptors (Lipinski definition) is 4. The first-order valence-corrected chi connectivity index (χ1v) is 7.58. The van der Waals surface area contributed by atoms with Gasteiger partial charge in [-0.3, -0.25) is 4.79 Å². The summed E-state index contributed by atoms with van der Waals surface area (Å²) in [4.78, 5) is 11.6. The van der Waals surface area contributed by atoms with Gasteiger partial charge in [0.2, 0.25) is 5.91 Å². The molecule has 0 bridgehead atoms. The van der Waals surface area contributed by atoms with E-state index in [2.05, 4.69) is 26.6 Å². The molecule has 0 radical (unpaired) electrons. The summed E-state index contributed by atoms with van der Waals surface area (Å²) in [7, 11) is 1.63. The largest absolute Gasteiger partial charge is 0.497 e. The SMILES string of the molecule is COc1ccc(COc2cc(Br)cc3c2NC(=O)CN3)cc1. The summed E-state index contributed by atoms with van der Waals surface area (Å²) in [6.45, 7) is 0.671. The first-order chi connectivity index (χ1) is 10.7. The first-order valence-electron chi connectivity index (χ1n) is 6.79. The third-order valence-corrected chi connectivity index (χ3v) is 3.78. The number of nitrogens with one attached hydrogen (secondary N) is 2. The van der Waals surface area contributed by atoms with Crippen molar-refractivity contribution in [3.63, 3.8) is 0 Å². The molecule has 114 valence electrons. The maximum atomic E-state index is 11.6. The van der Waals surface area contributed by atoms with Gasteiger partial charge < -0.3 is 20.1 Å². The van der Waals surface area contributed by atoms with Crippen molar-refractivity contribution < 1.29 is 14.3 Å². The maximum Gasteiger partial charge on any atom is 0.243 e. The third-order valence-electron chi connectivity index (χ3n) is 3.32. The van der Waals surface area contributed by atoms with Gasteiger partial charge >= 0.3 is 0 Å². The number of ether oxygens (including phenoxy) is 2. The number of methoxy groups -OCH3 is 1. The van der Waals surface area contributed by atoms with Gasteiger partial charge in [0.05, 0.1) is 19.3 Å². The first kappa shape index (κ1) is 14.7. The molecule has 0 spiro atoms. The molecule has 2 aromatic carbocycles. The van der Waals surface area contributed by atoms with E-state index in [-0.39, 0.29) is 12.5 Å². The molecule has 0 aliphatic carbocycles. The smallest absolute Gasteiger partial charge is 0.243 e. The number of halogens is 1. The van der Waals surface area contributed by atoms with Crippen molar-refractivity contribution in [3.05, 3.63) is 46.4 Å². The zero-order chi connectivity index (χ0) is 15.5. The summed E-state index contributed by atoms with van der Waals surface area (Å²) >= 11 is 3.45. The van der Waals surface area contributed by atoms with Crippen LogP contribution in [0.2, 0.25) is 0 Å². The zero-order valence-corrected chi connectivity index (χ0v) is 13.6. The van der Waals surface area contributed by atoms with E-state index in [0.29, 0.717) is 18.0 Å². The van der Waals surface area contributed by atoms with Gasteiger partial charge in [-0.25, -0.2) is 0 Å². The van der Waals surface area contributed by atoms with Gasteiger partial charge in [-0.05, 0) is 29.8 Å². The number of benzene rings is 2. The lowest BCUT2D eigenvalue weighted by Gasteiger charge is -2.22. The summed E-state index contributed by atoms with van der Waals surface area (Å²) in [5.41, 5.74) is 2.54. The fraction of sp³-hybridized carbons (Fsp3) is 0.188. The summed E-state index contributed by atoms with van der Waals surface area (Å²) < 4.78 is 11.9. The van der Waals surface area contributed by atoms with Crippen molar-refractivity contribution in [2.75, 3.05) is 24.3 Å². The predicted octanol–water partition coefficient (Wildman–Crippen LogP) is 3.40. The van der Waals surface area contributed by atoms with Gasteiger partial charge in [-0.15, -0.1) is 0 Å². The highest BCUT2D eigenvalue weighted by Crippen LogP contribution is 2.38. The van der Waals surface area contributed by atoms with Crippen LogP contribution in [0.5, 0.6) is 11.5 Å². The van der Waals surface area contributed by atoms with E-state index in [1.54, 1.807) is 7.11 Å². The van der Waals surface area contributed by atoms with Gasteiger partial charge in [0.1, 0.15) is 23.8 Å². The van der Waals surface area contributed by atoms with E-state index >= 15 is 0 Å². The van der Waals surface area contributed by atoms with Crippen LogP contribution in [0.15, 0.2) is 40.9 Å². The van der Waals surface area contributed by atoms with E-state index < -0.39 is 0 Å². The lowest BCUT2D eigenvalue weighted by Crippen LogP contribution is -2.27. The van der Waals surface area contributed by atoms with Crippen molar-refractivity contribution in [3.8, 4) is 11.5 Å². The highest BCUT2D eigenvalue weighted by atomic mass is 79.9. The summed E-state index contributed by atoms with van der Waals surface area (Å²) in [5, 5.41) is 5.91. The lowest BCUT2D eigenvalue weighted by atomic mass is 10.2. The molecule has 0 saturated carbocycles. The molecule has 1 aliphatic heterocycles. The van der Waals surface area contributed by atoms with Crippen LogP contribution >= 0.6 is 15.9 Å². The van der Waals surface area contributed by atoms with Crippen molar-refractivity contribution in [1.29, 1.82) is 0 Å². The Morgan fingerprint density at radius 1 is 1.23 bits per heavy atom. The van der Waals surface area contributed by atoms with Crippen molar-refractivity contribution in [1.82, 2.24) is 0 Å². The van der Waals surface area contributed by atoms with Crippen LogP contribution in [-0.2, 0) is 11.4 Å². The van der Waals surface area contributed by atoms with Crippen molar-refractivity contribution in [2.45, 2.75) is 6.61 Å². The minimum atomic E-state index is -0.0795. The van der Waals surface area contributed by atoms with Gasteiger partial charge in [-0.2, -0.15) is 0 Å². The van der Waals surface area contributed by atoms with Crippen LogP contribution in [0.1, 0.15) is 5.56 Å². The molecular weight excluding hydrogens is 348 g/mol. The van der Waals surface area contributed by atoms with Crippen molar-refractivity contribution in [2.24, 2.45) is 0 Å². The van der Waals surface area contributed by atoms with Crippen LogP contribution in [0.4, 0.5) is 11.4 Å². The monoisotopic (exact) mass is 362 g/mol. The summed E-state index contributed by atoms with van der Waals surface area (Å²) in [6, 6.07) is 11.4. The normalized spacial score (nSPS) is 12.9. The third kappa shape index (κ3) is 3.17. The highest BCUT2D eigenvalue weighted by molar-refractivity contribution is 9.10. The molecule has 0 fully saturated rings. The molecular formula is C16H15BrN2O3. The Morgan fingerprint density at radius 2 is 2.00 bits per heavy atom. The molecule has 1 amide bonds.